The molecule has 140 valence electrons. The molecule has 1 aromatic heterocycles. The lowest BCUT2D eigenvalue weighted by Crippen LogP contribution is -2.35. The first-order valence-electron chi connectivity index (χ1n) is 9.44. The number of hydrogen-bond donors (Lipinski definition) is 3. The molecular formula is C22H25N3O2. The maximum Gasteiger partial charge on any atom is 0.255 e. The van der Waals surface area contributed by atoms with Crippen LogP contribution in [0.4, 0.5) is 11.4 Å². The van der Waals surface area contributed by atoms with E-state index in [0.29, 0.717) is 5.56 Å². The summed E-state index contributed by atoms with van der Waals surface area (Å²) in [7, 11) is 0. The number of nitrogens with one attached hydrogen (secondary N) is 2. The molecule has 0 aliphatic carbocycles. The highest BCUT2D eigenvalue weighted by Gasteiger charge is 2.17. The van der Waals surface area contributed by atoms with Gasteiger partial charge >= 0.3 is 0 Å². The lowest BCUT2D eigenvalue weighted by molar-refractivity contribution is 0.102. The Kier molecular flexibility index (Phi) is 4.62. The standard InChI is InChI=1S/C22H25N3O2/c1-14-15(2)23-21-8-3-16(13-20(14)21)22(27)24-17-4-6-18(7-5-17)25-11-9-19(26)10-12-25/h3-8,13,19,23,26H,9-12H2,1-2H3,(H,24,27). The third-order valence-electron chi connectivity index (χ3n) is 5.53. The predicted molar refractivity (Wildman–Crippen MR) is 110 cm³/mol. The Morgan fingerprint density at radius 1 is 1.11 bits per heavy atom. The van der Waals surface area contributed by atoms with Crippen LogP contribution in [0.1, 0.15) is 34.5 Å². The molecular weight excluding hydrogens is 338 g/mol. The number of aromatic amines is 1. The molecule has 2 heterocycles. The summed E-state index contributed by atoms with van der Waals surface area (Å²) in [6, 6.07) is 13.7. The van der Waals surface area contributed by atoms with E-state index in [1.165, 1.54) is 5.56 Å². The first-order valence-corrected chi connectivity index (χ1v) is 9.44. The molecule has 1 aliphatic rings. The van der Waals surface area contributed by atoms with Crippen molar-refractivity contribution in [1.29, 1.82) is 0 Å². The molecule has 0 unspecified atom stereocenters. The molecule has 5 nitrogen and oxygen atoms in total. The van der Waals surface area contributed by atoms with Crippen molar-refractivity contribution in [2.75, 3.05) is 23.3 Å². The molecule has 2 aromatic carbocycles. The van der Waals surface area contributed by atoms with Gasteiger partial charge in [-0.2, -0.15) is 0 Å². The SMILES string of the molecule is Cc1[nH]c2ccc(C(=O)Nc3ccc(N4CCC(O)CC4)cc3)cc2c1C. The molecule has 1 amide bonds. The minimum Gasteiger partial charge on any atom is -0.393 e. The number of benzene rings is 2. The van der Waals surface area contributed by atoms with Crippen molar-refractivity contribution >= 4 is 28.2 Å². The summed E-state index contributed by atoms with van der Waals surface area (Å²) in [5.41, 5.74) is 5.91. The van der Waals surface area contributed by atoms with Gasteiger partial charge in [0.15, 0.2) is 0 Å². The second-order valence-electron chi connectivity index (χ2n) is 7.35. The average Bonchev–Trinajstić information content (AvgIpc) is 2.96. The molecule has 4 rings (SSSR count). The van der Waals surface area contributed by atoms with Crippen molar-refractivity contribution in [1.82, 2.24) is 4.98 Å². The van der Waals surface area contributed by atoms with Crippen molar-refractivity contribution in [3.05, 3.63) is 59.3 Å². The number of carbonyl (C=O) groups excluding carboxylic acids is 1. The van der Waals surface area contributed by atoms with Gasteiger partial charge in [0.2, 0.25) is 0 Å². The van der Waals surface area contributed by atoms with Crippen LogP contribution in [-0.4, -0.2) is 35.2 Å². The van der Waals surface area contributed by atoms with Gasteiger partial charge in [-0.1, -0.05) is 0 Å². The maximum absolute atomic E-state index is 12.6. The summed E-state index contributed by atoms with van der Waals surface area (Å²) in [4.78, 5) is 18.2. The zero-order valence-corrected chi connectivity index (χ0v) is 15.7. The summed E-state index contributed by atoms with van der Waals surface area (Å²) < 4.78 is 0. The molecule has 1 fully saturated rings. The van der Waals surface area contributed by atoms with E-state index in [9.17, 15) is 9.90 Å². The van der Waals surface area contributed by atoms with E-state index in [-0.39, 0.29) is 12.0 Å². The zero-order valence-electron chi connectivity index (χ0n) is 15.7. The molecule has 0 atom stereocenters. The van der Waals surface area contributed by atoms with Crippen LogP contribution >= 0.6 is 0 Å². The van der Waals surface area contributed by atoms with E-state index in [1.807, 2.05) is 49.4 Å². The van der Waals surface area contributed by atoms with Crippen LogP contribution < -0.4 is 10.2 Å². The van der Waals surface area contributed by atoms with E-state index in [1.54, 1.807) is 0 Å². The average molecular weight is 363 g/mol. The van der Waals surface area contributed by atoms with Crippen molar-refractivity contribution < 1.29 is 9.90 Å². The molecule has 0 saturated carbocycles. The van der Waals surface area contributed by atoms with Gasteiger partial charge in [-0.3, -0.25) is 4.79 Å². The first kappa shape index (κ1) is 17.6. The number of carbonyl (C=O) groups is 1. The normalized spacial score (nSPS) is 15.3. The number of piperidine rings is 1. The van der Waals surface area contributed by atoms with Crippen LogP contribution in [0.5, 0.6) is 0 Å². The van der Waals surface area contributed by atoms with Gasteiger partial charge in [0.25, 0.3) is 5.91 Å². The van der Waals surface area contributed by atoms with Crippen LogP contribution in [0.2, 0.25) is 0 Å². The first-order chi connectivity index (χ1) is 13.0. The maximum atomic E-state index is 12.6. The Labute approximate surface area is 159 Å². The molecule has 1 aliphatic heterocycles. The highest BCUT2D eigenvalue weighted by Crippen LogP contribution is 2.24. The molecule has 3 aromatic rings. The molecule has 0 bridgehead atoms. The van der Waals surface area contributed by atoms with E-state index in [2.05, 4.69) is 22.1 Å². The number of aryl methyl sites for hydroxylation is 2. The van der Waals surface area contributed by atoms with Gasteiger partial charge < -0.3 is 20.3 Å². The number of fused-ring (bicyclic) bond motifs is 1. The fraction of sp³-hybridized carbons (Fsp3) is 0.318. The quantitative estimate of drug-likeness (QED) is 0.659. The lowest BCUT2D eigenvalue weighted by Gasteiger charge is -2.31. The largest absolute Gasteiger partial charge is 0.393 e. The highest BCUT2D eigenvalue weighted by molar-refractivity contribution is 6.06. The number of rotatable bonds is 3. The molecule has 1 saturated heterocycles. The fourth-order valence-corrected chi connectivity index (χ4v) is 3.69. The Morgan fingerprint density at radius 2 is 1.81 bits per heavy atom. The van der Waals surface area contributed by atoms with Gasteiger partial charge in [0.05, 0.1) is 6.10 Å². The summed E-state index contributed by atoms with van der Waals surface area (Å²) in [6.07, 6.45) is 1.43. The number of anilines is 2. The van der Waals surface area contributed by atoms with Gasteiger partial charge in [-0.05, 0) is 74.7 Å². The monoisotopic (exact) mass is 363 g/mol. The third kappa shape index (κ3) is 3.55. The summed E-state index contributed by atoms with van der Waals surface area (Å²) in [6.45, 7) is 5.83. The zero-order chi connectivity index (χ0) is 19.0. The minimum atomic E-state index is -0.176. The fourth-order valence-electron chi connectivity index (χ4n) is 3.69. The molecule has 0 radical (unpaired) electrons. The van der Waals surface area contributed by atoms with Crippen molar-refractivity contribution in [2.24, 2.45) is 0 Å². The van der Waals surface area contributed by atoms with Crippen LogP contribution in [0.3, 0.4) is 0 Å². The predicted octanol–water partition coefficient (Wildman–Crippen LogP) is 4.00. The van der Waals surface area contributed by atoms with E-state index < -0.39 is 0 Å². The number of aliphatic hydroxyl groups is 1. The Morgan fingerprint density at radius 3 is 2.52 bits per heavy atom. The Balaban J connectivity index is 1.47. The van der Waals surface area contributed by atoms with Gasteiger partial charge in [0, 0.05) is 46.6 Å². The molecule has 3 N–H and O–H groups in total. The second kappa shape index (κ2) is 7.08. The third-order valence-corrected chi connectivity index (χ3v) is 5.53. The minimum absolute atomic E-state index is 0.107. The number of amides is 1. The smallest absolute Gasteiger partial charge is 0.255 e. The lowest BCUT2D eigenvalue weighted by atomic mass is 10.1. The van der Waals surface area contributed by atoms with Crippen LogP contribution in [0.15, 0.2) is 42.5 Å². The van der Waals surface area contributed by atoms with Crippen LogP contribution in [-0.2, 0) is 0 Å². The number of H-pyrrole nitrogens is 1. The number of aliphatic hydroxyl groups excluding tert-OH is 1. The van der Waals surface area contributed by atoms with Gasteiger partial charge in [0.1, 0.15) is 0 Å². The number of aromatic nitrogens is 1. The van der Waals surface area contributed by atoms with E-state index in [4.69, 9.17) is 0 Å². The van der Waals surface area contributed by atoms with E-state index in [0.717, 1.165) is 53.9 Å². The highest BCUT2D eigenvalue weighted by atomic mass is 16.3. The van der Waals surface area contributed by atoms with Crippen molar-refractivity contribution in [2.45, 2.75) is 32.8 Å². The molecule has 27 heavy (non-hydrogen) atoms. The summed E-state index contributed by atoms with van der Waals surface area (Å²) in [5.74, 6) is -0.107. The van der Waals surface area contributed by atoms with Gasteiger partial charge in [-0.25, -0.2) is 0 Å². The second-order valence-corrected chi connectivity index (χ2v) is 7.35. The summed E-state index contributed by atoms with van der Waals surface area (Å²) in [5, 5.41) is 13.7. The Bertz CT molecular complexity index is 967. The molecule has 5 heteroatoms. The van der Waals surface area contributed by atoms with Crippen molar-refractivity contribution in [3.8, 4) is 0 Å². The van der Waals surface area contributed by atoms with E-state index >= 15 is 0 Å². The molecule has 0 spiro atoms. The van der Waals surface area contributed by atoms with Crippen LogP contribution in [0, 0.1) is 13.8 Å². The number of hydrogen-bond acceptors (Lipinski definition) is 3. The number of nitrogens with zero attached hydrogens (tertiary/aromatic N) is 1. The van der Waals surface area contributed by atoms with Gasteiger partial charge in [-0.15, -0.1) is 0 Å². The topological polar surface area (TPSA) is 68.4 Å². The Hall–Kier alpha value is -2.79. The van der Waals surface area contributed by atoms with Crippen molar-refractivity contribution in [3.63, 3.8) is 0 Å². The summed E-state index contributed by atoms with van der Waals surface area (Å²) >= 11 is 0. The van der Waals surface area contributed by atoms with Crippen LogP contribution in [0.25, 0.3) is 10.9 Å².